The molecule has 0 aliphatic heterocycles. The molecule has 13 heteroatoms. The molecule has 13 nitrogen and oxygen atoms in total. The number of aromatic amines is 2. The lowest BCUT2D eigenvalue weighted by molar-refractivity contribution is -0.129. The van der Waals surface area contributed by atoms with Gasteiger partial charge in [-0.05, 0) is 99.4 Å². The summed E-state index contributed by atoms with van der Waals surface area (Å²) in [5.74, 6) is -0.231. The van der Waals surface area contributed by atoms with Crippen molar-refractivity contribution in [3.8, 4) is 22.5 Å². The average molecular weight is 641 g/mol. The molecular weight excluding hydrogens is 600 g/mol. The zero-order chi connectivity index (χ0) is 33.4. The molecule has 4 aromatic rings. The van der Waals surface area contributed by atoms with Crippen molar-refractivity contribution in [3.63, 3.8) is 0 Å². The maximum Gasteiger partial charge on any atom is 0.407 e. The maximum absolute atomic E-state index is 13.7. The molecule has 1 aliphatic carbocycles. The van der Waals surface area contributed by atoms with E-state index in [0.29, 0.717) is 37.3 Å². The van der Waals surface area contributed by atoms with Crippen molar-refractivity contribution in [2.24, 2.45) is 17.8 Å². The highest BCUT2D eigenvalue weighted by molar-refractivity contribution is 5.96. The molecule has 1 saturated carbocycles. The Kier molecular flexibility index (Phi) is 10.5. The second-order valence-electron chi connectivity index (χ2n) is 13.0. The van der Waals surface area contributed by atoms with E-state index >= 15 is 0 Å². The van der Waals surface area contributed by atoms with E-state index in [1.165, 1.54) is 6.20 Å². The molecule has 0 spiro atoms. The van der Waals surface area contributed by atoms with Gasteiger partial charge in [-0.1, -0.05) is 24.3 Å². The van der Waals surface area contributed by atoms with Crippen LogP contribution >= 0.6 is 0 Å². The SMILES string of the molecule is CC(C)(C)OC(=O)NCC1CCC(C(=O)C[C@@H](Cc2cccc(-c3cnc(=O)[nH]c3)c2)C(=O)Nc2ccc(-c3nn[nH]n3)cc2)CC1. The second-order valence-corrected chi connectivity index (χ2v) is 13.0. The monoisotopic (exact) mass is 640 g/mol. The smallest absolute Gasteiger partial charge is 0.407 e. The van der Waals surface area contributed by atoms with Gasteiger partial charge in [0.2, 0.25) is 11.7 Å². The fourth-order valence-electron chi connectivity index (χ4n) is 5.79. The van der Waals surface area contributed by atoms with Crippen LogP contribution < -0.4 is 16.3 Å². The van der Waals surface area contributed by atoms with Gasteiger partial charge in [-0.3, -0.25) is 9.59 Å². The number of tetrazole rings is 1. The van der Waals surface area contributed by atoms with Crippen LogP contribution in [0.25, 0.3) is 22.5 Å². The molecule has 0 radical (unpaired) electrons. The fraction of sp³-hybridized carbons (Fsp3) is 0.412. The molecule has 246 valence electrons. The highest BCUT2D eigenvalue weighted by Gasteiger charge is 2.31. The number of anilines is 1. The molecule has 0 bridgehead atoms. The van der Waals surface area contributed by atoms with Crippen LogP contribution in [0.3, 0.4) is 0 Å². The summed E-state index contributed by atoms with van der Waals surface area (Å²) in [7, 11) is 0. The minimum Gasteiger partial charge on any atom is -0.444 e. The van der Waals surface area contributed by atoms with Gasteiger partial charge >= 0.3 is 11.8 Å². The minimum absolute atomic E-state index is 0.0668. The molecule has 2 heterocycles. The molecule has 47 heavy (non-hydrogen) atoms. The third-order valence-corrected chi connectivity index (χ3v) is 8.22. The summed E-state index contributed by atoms with van der Waals surface area (Å²) >= 11 is 0. The van der Waals surface area contributed by atoms with Crippen molar-refractivity contribution in [3.05, 3.63) is 77.0 Å². The van der Waals surface area contributed by atoms with Gasteiger partial charge in [-0.15, -0.1) is 10.2 Å². The molecule has 5 rings (SSSR count). The van der Waals surface area contributed by atoms with E-state index in [2.05, 4.69) is 41.2 Å². The molecule has 1 atom stereocenters. The van der Waals surface area contributed by atoms with E-state index in [1.807, 2.05) is 45.0 Å². The topological polar surface area (TPSA) is 185 Å². The van der Waals surface area contributed by atoms with Gasteiger partial charge in [0.1, 0.15) is 11.4 Å². The number of carbonyl (C=O) groups excluding carboxylic acids is 3. The molecule has 2 aromatic carbocycles. The number of ketones is 1. The molecule has 1 fully saturated rings. The van der Waals surface area contributed by atoms with E-state index in [1.54, 1.807) is 30.5 Å². The Morgan fingerprint density at radius 2 is 1.77 bits per heavy atom. The Balaban J connectivity index is 1.25. The van der Waals surface area contributed by atoms with Gasteiger partial charge in [0.05, 0.1) is 0 Å². The van der Waals surface area contributed by atoms with E-state index in [0.717, 1.165) is 35.1 Å². The van der Waals surface area contributed by atoms with Crippen LogP contribution in [-0.4, -0.2) is 60.5 Å². The van der Waals surface area contributed by atoms with Crippen LogP contribution in [0.4, 0.5) is 10.5 Å². The predicted octanol–water partition coefficient (Wildman–Crippen LogP) is 4.70. The Morgan fingerprint density at radius 3 is 2.43 bits per heavy atom. The number of alkyl carbamates (subject to hydrolysis) is 1. The molecular formula is C34H40N8O5. The van der Waals surface area contributed by atoms with Gasteiger partial charge in [0.15, 0.2) is 0 Å². The summed E-state index contributed by atoms with van der Waals surface area (Å²) in [6, 6.07) is 14.8. The number of hydrogen-bond donors (Lipinski definition) is 4. The molecule has 2 amide bonds. The number of rotatable bonds is 11. The number of carbonyl (C=O) groups is 3. The number of nitrogens with one attached hydrogen (secondary N) is 4. The number of benzene rings is 2. The third kappa shape index (κ3) is 9.65. The number of aromatic nitrogens is 6. The van der Waals surface area contributed by atoms with Crippen LogP contribution in [0, 0.1) is 17.8 Å². The molecule has 1 aliphatic rings. The summed E-state index contributed by atoms with van der Waals surface area (Å²) in [6.07, 6.45) is 6.15. The highest BCUT2D eigenvalue weighted by Crippen LogP contribution is 2.32. The molecule has 0 saturated heterocycles. The highest BCUT2D eigenvalue weighted by atomic mass is 16.6. The largest absolute Gasteiger partial charge is 0.444 e. The van der Waals surface area contributed by atoms with Crippen LogP contribution in [0.5, 0.6) is 0 Å². The predicted molar refractivity (Wildman–Crippen MR) is 175 cm³/mol. The number of H-pyrrole nitrogens is 2. The molecule has 4 N–H and O–H groups in total. The first-order valence-corrected chi connectivity index (χ1v) is 15.8. The first-order valence-electron chi connectivity index (χ1n) is 15.8. The van der Waals surface area contributed by atoms with Gasteiger partial charge < -0.3 is 20.4 Å². The van der Waals surface area contributed by atoms with Crippen LogP contribution in [0.15, 0.2) is 65.7 Å². The molecule has 0 unspecified atom stereocenters. The summed E-state index contributed by atoms with van der Waals surface area (Å²) < 4.78 is 5.34. The summed E-state index contributed by atoms with van der Waals surface area (Å²) in [6.45, 7) is 5.98. The minimum atomic E-state index is -0.616. The first-order chi connectivity index (χ1) is 22.5. The number of hydrogen-bond acceptors (Lipinski definition) is 9. The second kappa shape index (κ2) is 14.9. The number of amides is 2. The van der Waals surface area contributed by atoms with E-state index < -0.39 is 23.3 Å². The Morgan fingerprint density at radius 1 is 1.00 bits per heavy atom. The maximum atomic E-state index is 13.7. The Labute approximate surface area is 272 Å². The Hall–Kier alpha value is -5.20. The van der Waals surface area contributed by atoms with Gasteiger partial charge in [-0.2, -0.15) is 5.21 Å². The molecule has 2 aromatic heterocycles. The van der Waals surface area contributed by atoms with Gasteiger partial charge in [-0.25, -0.2) is 14.6 Å². The quantitative estimate of drug-likeness (QED) is 0.180. The van der Waals surface area contributed by atoms with Crippen LogP contribution in [0.1, 0.15) is 58.4 Å². The standard InChI is InChI=1S/C34H40N8O5/c1-34(2,3)47-33(46)37-18-21-7-9-23(10-8-21)29(43)17-26(16-22-5-4-6-25(15-22)27-19-35-32(45)36-20-27)31(44)38-28-13-11-24(12-14-28)30-39-41-42-40-30/h4-6,11-15,19-21,23,26H,7-10,16-18H2,1-3H3,(H,37,46)(H,38,44)(H,35,36,45)(H,39,40,41,42)/t21?,23?,26-/m1/s1. The van der Waals surface area contributed by atoms with Crippen molar-refractivity contribution in [2.75, 3.05) is 11.9 Å². The van der Waals surface area contributed by atoms with Crippen molar-refractivity contribution in [1.29, 1.82) is 0 Å². The summed E-state index contributed by atoms with van der Waals surface area (Å²) in [5, 5.41) is 19.8. The number of nitrogens with zero attached hydrogens (tertiary/aromatic N) is 4. The third-order valence-electron chi connectivity index (χ3n) is 8.22. The van der Waals surface area contributed by atoms with Crippen molar-refractivity contribution in [1.82, 2.24) is 35.9 Å². The van der Waals surface area contributed by atoms with Gasteiger partial charge in [0, 0.05) is 54.0 Å². The van der Waals surface area contributed by atoms with E-state index in [-0.39, 0.29) is 29.9 Å². The van der Waals surface area contributed by atoms with Crippen LogP contribution in [-0.2, 0) is 20.7 Å². The number of ether oxygens (including phenoxy) is 1. The first kappa shape index (κ1) is 33.2. The normalized spacial score (nSPS) is 17.0. The zero-order valence-electron chi connectivity index (χ0n) is 26.8. The average Bonchev–Trinajstić information content (AvgIpc) is 3.59. The fourth-order valence-corrected chi connectivity index (χ4v) is 5.79. The zero-order valence-corrected chi connectivity index (χ0v) is 26.8. The van der Waals surface area contributed by atoms with E-state index in [9.17, 15) is 19.2 Å². The van der Waals surface area contributed by atoms with Gasteiger partial charge in [0.25, 0.3) is 0 Å². The summed E-state index contributed by atoms with van der Waals surface area (Å²) in [5.41, 5.74) is 2.80. The lowest BCUT2D eigenvalue weighted by atomic mass is 9.77. The Bertz CT molecular complexity index is 1700. The van der Waals surface area contributed by atoms with Crippen molar-refractivity contribution in [2.45, 2.75) is 64.9 Å². The van der Waals surface area contributed by atoms with E-state index in [4.69, 9.17) is 4.74 Å². The van der Waals surface area contributed by atoms with Crippen LogP contribution in [0.2, 0.25) is 0 Å². The van der Waals surface area contributed by atoms with Crippen molar-refractivity contribution >= 4 is 23.5 Å². The lowest BCUT2D eigenvalue weighted by Gasteiger charge is -2.29. The van der Waals surface area contributed by atoms with Crippen molar-refractivity contribution < 1.29 is 19.1 Å². The number of Topliss-reactive ketones (excluding diaryl/α,β-unsaturated/α-hetero) is 1. The summed E-state index contributed by atoms with van der Waals surface area (Å²) in [4.78, 5) is 57.3. The lowest BCUT2D eigenvalue weighted by Crippen LogP contribution is -2.37.